The maximum absolute atomic E-state index is 13.5. The maximum atomic E-state index is 13.5. The Morgan fingerprint density at radius 2 is 2.00 bits per heavy atom. The topological polar surface area (TPSA) is 69.4 Å². The van der Waals surface area contributed by atoms with E-state index in [1.54, 1.807) is 0 Å². The lowest BCUT2D eigenvalue weighted by atomic mass is 10.1. The first-order valence-corrected chi connectivity index (χ1v) is 6.18. The van der Waals surface area contributed by atoms with Gasteiger partial charge in [0.25, 0.3) is 0 Å². The SMILES string of the molecule is CC(=O)c1ccc(Oc2ccc([N+](=O)[O-])c(F)c2)c(Cl)c1. The molecule has 0 N–H and O–H groups in total. The highest BCUT2D eigenvalue weighted by Gasteiger charge is 2.15. The number of rotatable bonds is 4. The highest BCUT2D eigenvalue weighted by molar-refractivity contribution is 6.32. The van der Waals surface area contributed by atoms with Gasteiger partial charge in [-0.3, -0.25) is 14.9 Å². The number of carbonyl (C=O) groups is 1. The molecule has 7 heteroatoms. The molecule has 0 bridgehead atoms. The monoisotopic (exact) mass is 309 g/mol. The van der Waals surface area contributed by atoms with E-state index < -0.39 is 16.4 Å². The van der Waals surface area contributed by atoms with Crippen molar-refractivity contribution < 1.29 is 18.8 Å². The van der Waals surface area contributed by atoms with Gasteiger partial charge in [-0.05, 0) is 31.2 Å². The molecule has 2 aromatic carbocycles. The van der Waals surface area contributed by atoms with Crippen LogP contribution in [0.2, 0.25) is 5.02 Å². The summed E-state index contributed by atoms with van der Waals surface area (Å²) in [7, 11) is 0. The minimum atomic E-state index is -1.01. The van der Waals surface area contributed by atoms with Crippen molar-refractivity contribution in [3.05, 3.63) is 62.9 Å². The molecule has 0 aliphatic carbocycles. The van der Waals surface area contributed by atoms with Crippen LogP contribution in [0.15, 0.2) is 36.4 Å². The molecule has 5 nitrogen and oxygen atoms in total. The maximum Gasteiger partial charge on any atom is 0.305 e. The standard InChI is InChI=1S/C14H9ClFNO4/c1-8(18)9-2-5-14(11(15)6-9)21-10-3-4-13(17(19)20)12(16)7-10/h2-7H,1H3. The van der Waals surface area contributed by atoms with Crippen LogP contribution in [-0.4, -0.2) is 10.7 Å². The second-order valence-electron chi connectivity index (χ2n) is 4.17. The normalized spacial score (nSPS) is 10.2. The smallest absolute Gasteiger partial charge is 0.305 e. The Kier molecular flexibility index (Phi) is 4.18. The van der Waals surface area contributed by atoms with E-state index in [1.165, 1.54) is 31.2 Å². The van der Waals surface area contributed by atoms with E-state index in [2.05, 4.69) is 0 Å². The third-order valence-corrected chi connectivity index (χ3v) is 2.98. The number of ketones is 1. The second-order valence-corrected chi connectivity index (χ2v) is 4.58. The molecule has 0 radical (unpaired) electrons. The number of hydrogen-bond acceptors (Lipinski definition) is 4. The Morgan fingerprint density at radius 3 is 2.52 bits per heavy atom. The Labute approximate surface area is 124 Å². The van der Waals surface area contributed by atoms with Gasteiger partial charge in [0.1, 0.15) is 11.5 Å². The van der Waals surface area contributed by atoms with Crippen molar-refractivity contribution in [2.24, 2.45) is 0 Å². The highest BCUT2D eigenvalue weighted by Crippen LogP contribution is 2.32. The van der Waals surface area contributed by atoms with Gasteiger partial charge >= 0.3 is 5.69 Å². The molecule has 0 unspecified atom stereocenters. The highest BCUT2D eigenvalue weighted by atomic mass is 35.5. The van der Waals surface area contributed by atoms with E-state index in [-0.39, 0.29) is 22.3 Å². The van der Waals surface area contributed by atoms with Crippen molar-refractivity contribution in [1.82, 2.24) is 0 Å². The molecule has 0 spiro atoms. The molecule has 0 aliphatic rings. The van der Waals surface area contributed by atoms with Crippen LogP contribution in [0.25, 0.3) is 0 Å². The quantitative estimate of drug-likeness (QED) is 0.477. The van der Waals surface area contributed by atoms with Gasteiger partial charge in [-0.25, -0.2) is 0 Å². The predicted molar refractivity (Wildman–Crippen MR) is 74.6 cm³/mol. The molecular weight excluding hydrogens is 301 g/mol. The molecule has 2 aromatic rings. The molecule has 0 saturated carbocycles. The number of nitrogens with zero attached hydrogens (tertiary/aromatic N) is 1. The molecule has 0 aromatic heterocycles. The Bertz CT molecular complexity index is 733. The van der Waals surface area contributed by atoms with Crippen molar-refractivity contribution >= 4 is 23.1 Å². The Hall–Kier alpha value is -2.47. The Balaban J connectivity index is 2.28. The number of halogens is 2. The van der Waals surface area contributed by atoms with Crippen LogP contribution in [-0.2, 0) is 0 Å². The zero-order valence-corrected chi connectivity index (χ0v) is 11.6. The molecule has 0 saturated heterocycles. The molecule has 108 valence electrons. The minimum Gasteiger partial charge on any atom is -0.456 e. The van der Waals surface area contributed by atoms with Crippen LogP contribution in [0.1, 0.15) is 17.3 Å². The fourth-order valence-electron chi connectivity index (χ4n) is 1.63. The molecule has 0 heterocycles. The van der Waals surface area contributed by atoms with Crippen molar-refractivity contribution in [1.29, 1.82) is 0 Å². The first-order valence-electron chi connectivity index (χ1n) is 5.81. The molecule has 0 amide bonds. The molecule has 0 atom stereocenters. The summed E-state index contributed by atoms with van der Waals surface area (Å²) >= 11 is 5.97. The average molecular weight is 310 g/mol. The zero-order valence-electron chi connectivity index (χ0n) is 10.8. The number of nitro benzene ring substituents is 1. The number of benzene rings is 2. The molecule has 21 heavy (non-hydrogen) atoms. The first-order chi connectivity index (χ1) is 9.88. The summed E-state index contributed by atoms with van der Waals surface area (Å²) in [5.74, 6) is -0.871. The van der Waals surface area contributed by atoms with E-state index in [0.717, 1.165) is 12.1 Å². The summed E-state index contributed by atoms with van der Waals surface area (Å²) in [6, 6.07) is 7.58. The summed E-state index contributed by atoms with van der Waals surface area (Å²) in [4.78, 5) is 20.9. The summed E-state index contributed by atoms with van der Waals surface area (Å²) in [6.45, 7) is 1.40. The van der Waals surface area contributed by atoms with Gasteiger partial charge in [0.2, 0.25) is 5.82 Å². The summed E-state index contributed by atoms with van der Waals surface area (Å²) < 4.78 is 18.8. The van der Waals surface area contributed by atoms with Gasteiger partial charge < -0.3 is 4.74 Å². The number of ether oxygens (including phenoxy) is 1. The lowest BCUT2D eigenvalue weighted by molar-refractivity contribution is -0.387. The van der Waals surface area contributed by atoms with Crippen LogP contribution in [0.3, 0.4) is 0 Å². The number of nitro groups is 1. The van der Waals surface area contributed by atoms with Crippen molar-refractivity contribution in [2.45, 2.75) is 6.92 Å². The van der Waals surface area contributed by atoms with Crippen molar-refractivity contribution in [2.75, 3.05) is 0 Å². The van der Waals surface area contributed by atoms with E-state index in [1.807, 2.05) is 0 Å². The van der Waals surface area contributed by atoms with E-state index in [4.69, 9.17) is 16.3 Å². The van der Waals surface area contributed by atoms with Crippen LogP contribution in [0.4, 0.5) is 10.1 Å². The van der Waals surface area contributed by atoms with Gasteiger partial charge in [0.15, 0.2) is 5.78 Å². The fourth-order valence-corrected chi connectivity index (χ4v) is 1.85. The largest absolute Gasteiger partial charge is 0.456 e. The summed E-state index contributed by atoms with van der Waals surface area (Å²) in [5, 5.41) is 10.7. The number of Topliss-reactive ketones (excluding diaryl/α,β-unsaturated/α-hetero) is 1. The molecule has 0 fully saturated rings. The van der Waals surface area contributed by atoms with Gasteiger partial charge in [0, 0.05) is 17.7 Å². The van der Waals surface area contributed by atoms with Gasteiger partial charge in [-0.15, -0.1) is 0 Å². The van der Waals surface area contributed by atoms with Crippen LogP contribution < -0.4 is 4.74 Å². The van der Waals surface area contributed by atoms with Gasteiger partial charge in [-0.1, -0.05) is 11.6 Å². The van der Waals surface area contributed by atoms with E-state index in [9.17, 15) is 19.3 Å². The van der Waals surface area contributed by atoms with Gasteiger partial charge in [0.05, 0.1) is 9.95 Å². The van der Waals surface area contributed by atoms with Gasteiger partial charge in [-0.2, -0.15) is 4.39 Å². The average Bonchev–Trinajstić information content (AvgIpc) is 2.40. The van der Waals surface area contributed by atoms with E-state index in [0.29, 0.717) is 5.56 Å². The third-order valence-electron chi connectivity index (χ3n) is 2.68. The lowest BCUT2D eigenvalue weighted by Gasteiger charge is -2.08. The summed E-state index contributed by atoms with van der Waals surface area (Å²) in [5.41, 5.74) is -0.220. The zero-order chi connectivity index (χ0) is 15.6. The molecular formula is C14H9ClFNO4. The fraction of sp³-hybridized carbons (Fsp3) is 0.0714. The van der Waals surface area contributed by atoms with Crippen LogP contribution >= 0.6 is 11.6 Å². The molecule has 0 aliphatic heterocycles. The van der Waals surface area contributed by atoms with E-state index >= 15 is 0 Å². The molecule has 2 rings (SSSR count). The van der Waals surface area contributed by atoms with Crippen molar-refractivity contribution in [3.63, 3.8) is 0 Å². The number of hydrogen-bond donors (Lipinski definition) is 0. The van der Waals surface area contributed by atoms with Crippen molar-refractivity contribution in [3.8, 4) is 11.5 Å². The van der Waals surface area contributed by atoms with Crippen LogP contribution in [0.5, 0.6) is 11.5 Å². The first kappa shape index (κ1) is 14.9. The second kappa shape index (κ2) is 5.88. The summed E-state index contributed by atoms with van der Waals surface area (Å²) in [6.07, 6.45) is 0. The number of carbonyl (C=O) groups excluding carboxylic acids is 1. The Morgan fingerprint density at radius 1 is 1.29 bits per heavy atom. The minimum absolute atomic E-state index is 0.0653. The third kappa shape index (κ3) is 3.35. The predicted octanol–water partition coefficient (Wildman–Crippen LogP) is 4.38. The lowest BCUT2D eigenvalue weighted by Crippen LogP contribution is -1.95. The van der Waals surface area contributed by atoms with Crippen LogP contribution in [0, 0.1) is 15.9 Å².